The van der Waals surface area contributed by atoms with Gasteiger partial charge in [0.05, 0.1) is 9.26 Å². The fraction of sp³-hybridized carbons (Fsp3) is 0.231. The number of nitrogens with zero attached hydrogens (tertiary/aromatic N) is 2. The summed E-state index contributed by atoms with van der Waals surface area (Å²) in [6.45, 7) is 2.11. The van der Waals surface area contributed by atoms with Gasteiger partial charge < -0.3 is 5.32 Å². The van der Waals surface area contributed by atoms with Gasteiger partial charge in [-0.15, -0.1) is 0 Å². The maximum absolute atomic E-state index is 4.63. The van der Waals surface area contributed by atoms with Crippen molar-refractivity contribution in [2.75, 3.05) is 12.4 Å². The number of aryl methyl sites for hydroxylation is 1. The smallest absolute Gasteiger partial charge is 0.161 e. The second kappa shape index (κ2) is 5.97. The Hall–Kier alpha value is -0.690. The number of aromatic nitrogens is 2. The van der Waals surface area contributed by atoms with Gasteiger partial charge in [0.2, 0.25) is 0 Å². The molecule has 0 fully saturated rings. The molecule has 5 heteroatoms. The quantitative estimate of drug-likeness (QED) is 0.763. The Morgan fingerprint density at radius 2 is 1.89 bits per heavy atom. The summed E-state index contributed by atoms with van der Waals surface area (Å²) >= 11 is 5.72. The molecule has 0 aliphatic rings. The van der Waals surface area contributed by atoms with Crippen LogP contribution in [0.15, 0.2) is 28.7 Å². The number of halogens is 2. The van der Waals surface area contributed by atoms with Crippen LogP contribution in [0.1, 0.15) is 12.6 Å². The summed E-state index contributed by atoms with van der Waals surface area (Å²) in [7, 11) is 1.88. The monoisotopic (exact) mass is 417 g/mol. The lowest BCUT2D eigenvalue weighted by Gasteiger charge is -2.10. The molecule has 1 N–H and O–H groups in total. The minimum Gasteiger partial charge on any atom is -0.372 e. The van der Waals surface area contributed by atoms with Gasteiger partial charge in [0.1, 0.15) is 5.82 Å². The zero-order valence-corrected chi connectivity index (χ0v) is 13.9. The molecule has 2 aromatic rings. The molecule has 0 saturated heterocycles. The molecule has 2 rings (SSSR count). The van der Waals surface area contributed by atoms with Crippen LogP contribution >= 0.6 is 38.5 Å². The van der Waals surface area contributed by atoms with Gasteiger partial charge in [-0.05, 0) is 41.1 Å². The van der Waals surface area contributed by atoms with Crippen LogP contribution in [0.3, 0.4) is 0 Å². The fourth-order valence-electron chi connectivity index (χ4n) is 1.62. The molecule has 1 aromatic carbocycles. The molecular weight excluding hydrogens is 405 g/mol. The van der Waals surface area contributed by atoms with E-state index in [1.807, 2.05) is 31.3 Å². The summed E-state index contributed by atoms with van der Waals surface area (Å²) in [5.41, 5.74) is 2.11. The molecule has 0 atom stereocenters. The van der Waals surface area contributed by atoms with Crippen molar-refractivity contribution >= 4 is 44.3 Å². The normalized spacial score (nSPS) is 10.4. The molecule has 1 heterocycles. The van der Waals surface area contributed by atoms with E-state index in [1.54, 1.807) is 0 Å². The third-order valence-corrected chi connectivity index (χ3v) is 4.26. The first kappa shape index (κ1) is 13.7. The van der Waals surface area contributed by atoms with E-state index < -0.39 is 0 Å². The van der Waals surface area contributed by atoms with Crippen LogP contribution in [0, 0.1) is 3.57 Å². The van der Waals surface area contributed by atoms with Crippen molar-refractivity contribution in [3.8, 4) is 11.4 Å². The van der Waals surface area contributed by atoms with Crippen molar-refractivity contribution in [3.63, 3.8) is 0 Å². The minimum atomic E-state index is 0.768. The Balaban J connectivity index is 2.54. The van der Waals surface area contributed by atoms with Gasteiger partial charge in [-0.2, -0.15) is 0 Å². The first-order chi connectivity index (χ1) is 8.65. The summed E-state index contributed by atoms with van der Waals surface area (Å²) in [4.78, 5) is 9.18. The molecule has 0 saturated carbocycles. The van der Waals surface area contributed by atoms with Crippen molar-refractivity contribution < 1.29 is 0 Å². The minimum absolute atomic E-state index is 0.768. The maximum Gasteiger partial charge on any atom is 0.161 e. The molecule has 0 spiro atoms. The summed E-state index contributed by atoms with van der Waals surface area (Å²) in [6, 6.07) is 8.04. The largest absolute Gasteiger partial charge is 0.372 e. The van der Waals surface area contributed by atoms with Gasteiger partial charge in [0, 0.05) is 17.1 Å². The van der Waals surface area contributed by atoms with Crippen molar-refractivity contribution in [1.82, 2.24) is 9.97 Å². The molecule has 1 aromatic heterocycles. The molecule has 0 unspecified atom stereocenters. The number of benzene rings is 1. The maximum atomic E-state index is 4.63. The van der Waals surface area contributed by atoms with E-state index in [1.165, 1.54) is 0 Å². The van der Waals surface area contributed by atoms with Crippen molar-refractivity contribution in [2.24, 2.45) is 0 Å². The molecule has 0 amide bonds. The van der Waals surface area contributed by atoms with Crippen LogP contribution in [0.5, 0.6) is 0 Å². The highest BCUT2D eigenvalue weighted by Crippen LogP contribution is 2.25. The van der Waals surface area contributed by atoms with Crippen LogP contribution in [-0.2, 0) is 6.42 Å². The Labute approximate surface area is 129 Å². The number of anilines is 1. The molecule has 94 valence electrons. The number of hydrogen-bond acceptors (Lipinski definition) is 3. The van der Waals surface area contributed by atoms with E-state index in [0.29, 0.717) is 0 Å². The number of nitrogens with one attached hydrogen (secondary N) is 1. The third-order valence-electron chi connectivity index (χ3n) is 2.59. The van der Waals surface area contributed by atoms with Gasteiger partial charge in [-0.3, -0.25) is 0 Å². The first-order valence-corrected chi connectivity index (χ1v) is 7.53. The van der Waals surface area contributed by atoms with Crippen molar-refractivity contribution in [3.05, 3.63) is 38.0 Å². The SMILES string of the molecule is CCc1nc(-c2ccc(Br)cc2)nc(NC)c1I. The Bertz CT molecular complexity index is 530. The van der Waals surface area contributed by atoms with Gasteiger partial charge in [0.25, 0.3) is 0 Å². The number of hydrogen-bond donors (Lipinski definition) is 1. The molecule has 0 bridgehead atoms. The van der Waals surface area contributed by atoms with E-state index in [-0.39, 0.29) is 0 Å². The fourth-order valence-corrected chi connectivity index (χ4v) is 2.78. The Morgan fingerprint density at radius 3 is 2.44 bits per heavy atom. The van der Waals surface area contributed by atoms with Crippen LogP contribution in [-0.4, -0.2) is 17.0 Å². The lowest BCUT2D eigenvalue weighted by Crippen LogP contribution is -2.04. The van der Waals surface area contributed by atoms with E-state index in [2.05, 4.69) is 60.7 Å². The highest BCUT2D eigenvalue weighted by molar-refractivity contribution is 14.1. The standard InChI is InChI=1S/C13H13BrIN3/c1-3-10-11(15)13(16-2)18-12(17-10)8-4-6-9(14)7-5-8/h4-7H,3H2,1-2H3,(H,16,17,18). The zero-order valence-electron chi connectivity index (χ0n) is 10.2. The van der Waals surface area contributed by atoms with Crippen molar-refractivity contribution in [2.45, 2.75) is 13.3 Å². The van der Waals surface area contributed by atoms with E-state index in [9.17, 15) is 0 Å². The average molecular weight is 418 g/mol. The molecule has 0 radical (unpaired) electrons. The molecule has 3 nitrogen and oxygen atoms in total. The predicted octanol–water partition coefficient (Wildman–Crippen LogP) is 4.11. The second-order valence-corrected chi connectivity index (χ2v) is 5.76. The Kier molecular flexibility index (Phi) is 4.55. The summed E-state index contributed by atoms with van der Waals surface area (Å²) < 4.78 is 2.15. The summed E-state index contributed by atoms with van der Waals surface area (Å²) in [5.74, 6) is 1.66. The highest BCUT2D eigenvalue weighted by atomic mass is 127. The third kappa shape index (κ3) is 2.83. The first-order valence-electron chi connectivity index (χ1n) is 5.65. The van der Waals surface area contributed by atoms with Crippen LogP contribution in [0.25, 0.3) is 11.4 Å². The van der Waals surface area contributed by atoms with E-state index in [0.717, 1.165) is 37.4 Å². The van der Waals surface area contributed by atoms with Crippen molar-refractivity contribution in [1.29, 1.82) is 0 Å². The lowest BCUT2D eigenvalue weighted by atomic mass is 10.2. The lowest BCUT2D eigenvalue weighted by molar-refractivity contribution is 0.990. The van der Waals surface area contributed by atoms with Crippen LogP contribution in [0.2, 0.25) is 0 Å². The topological polar surface area (TPSA) is 37.8 Å². The number of rotatable bonds is 3. The van der Waals surface area contributed by atoms with Crippen LogP contribution in [0.4, 0.5) is 5.82 Å². The predicted molar refractivity (Wildman–Crippen MR) is 86.8 cm³/mol. The van der Waals surface area contributed by atoms with Gasteiger partial charge in [-0.25, -0.2) is 9.97 Å². The van der Waals surface area contributed by atoms with E-state index >= 15 is 0 Å². The van der Waals surface area contributed by atoms with E-state index in [4.69, 9.17) is 0 Å². The zero-order chi connectivity index (χ0) is 13.1. The molecule has 18 heavy (non-hydrogen) atoms. The van der Waals surface area contributed by atoms with Gasteiger partial charge in [-0.1, -0.05) is 35.0 Å². The van der Waals surface area contributed by atoms with Crippen LogP contribution < -0.4 is 5.32 Å². The Morgan fingerprint density at radius 1 is 1.22 bits per heavy atom. The molecule has 0 aliphatic heterocycles. The molecule has 0 aliphatic carbocycles. The second-order valence-electron chi connectivity index (χ2n) is 3.77. The highest BCUT2D eigenvalue weighted by Gasteiger charge is 2.11. The summed E-state index contributed by atoms with van der Waals surface area (Å²) in [6.07, 6.45) is 0.902. The van der Waals surface area contributed by atoms with Gasteiger partial charge >= 0.3 is 0 Å². The summed E-state index contributed by atoms with van der Waals surface area (Å²) in [5, 5.41) is 3.12. The van der Waals surface area contributed by atoms with Gasteiger partial charge in [0.15, 0.2) is 5.82 Å². The average Bonchev–Trinajstić information content (AvgIpc) is 2.40. The molecular formula is C13H13BrIN3.